The summed E-state index contributed by atoms with van der Waals surface area (Å²) in [5, 5.41) is 6.69. The van der Waals surface area contributed by atoms with Crippen molar-refractivity contribution in [3.63, 3.8) is 0 Å². The van der Waals surface area contributed by atoms with E-state index >= 15 is 0 Å². The van der Waals surface area contributed by atoms with Gasteiger partial charge in [-0.3, -0.25) is 4.79 Å². The van der Waals surface area contributed by atoms with E-state index in [0.717, 1.165) is 55.2 Å². The van der Waals surface area contributed by atoms with Crippen LogP contribution in [0.2, 0.25) is 0 Å². The van der Waals surface area contributed by atoms with Crippen LogP contribution in [-0.4, -0.2) is 60.5 Å². The molecule has 2 aliphatic rings. The molecule has 2 aliphatic heterocycles. The average molecular weight is 394 g/mol. The Bertz CT molecular complexity index is 863. The minimum absolute atomic E-state index is 0.0872. The van der Waals surface area contributed by atoms with E-state index in [4.69, 9.17) is 4.98 Å². The molecule has 0 saturated carbocycles. The molecule has 1 unspecified atom stereocenters. The SMILES string of the molecule is CN1CCC(NC(=O)C2(C)CN(C)Cc3ccc(Nc4ccccc4)nc32)CC1. The van der Waals surface area contributed by atoms with Crippen molar-refractivity contribution in [2.24, 2.45) is 0 Å². The highest BCUT2D eigenvalue weighted by atomic mass is 16.2. The van der Waals surface area contributed by atoms with E-state index in [1.165, 1.54) is 0 Å². The molecular formula is C23H31N5O. The van der Waals surface area contributed by atoms with Gasteiger partial charge in [-0.2, -0.15) is 0 Å². The Morgan fingerprint density at radius 1 is 1.07 bits per heavy atom. The number of rotatable bonds is 4. The average Bonchev–Trinajstić information content (AvgIpc) is 2.71. The number of hydrogen-bond donors (Lipinski definition) is 2. The molecule has 1 fully saturated rings. The molecule has 2 N–H and O–H groups in total. The molecule has 0 aliphatic carbocycles. The summed E-state index contributed by atoms with van der Waals surface area (Å²) in [6.07, 6.45) is 2.01. The molecule has 1 atom stereocenters. The number of carbonyl (C=O) groups excluding carboxylic acids is 1. The van der Waals surface area contributed by atoms with Crippen LogP contribution in [0, 0.1) is 0 Å². The van der Waals surface area contributed by atoms with Gasteiger partial charge in [0, 0.05) is 24.8 Å². The fourth-order valence-electron chi connectivity index (χ4n) is 4.47. The zero-order valence-corrected chi connectivity index (χ0v) is 17.6. The van der Waals surface area contributed by atoms with Crippen molar-refractivity contribution in [2.45, 2.75) is 37.8 Å². The Labute approximate surface area is 173 Å². The van der Waals surface area contributed by atoms with E-state index in [-0.39, 0.29) is 11.9 Å². The first-order valence-corrected chi connectivity index (χ1v) is 10.4. The smallest absolute Gasteiger partial charge is 0.233 e. The number of fused-ring (bicyclic) bond motifs is 1. The standard InChI is InChI=1S/C23H31N5O/c1-23(22(29)25-19-11-13-27(2)14-12-19)16-28(3)15-17-9-10-20(26-21(17)23)24-18-7-5-4-6-8-18/h4-10,19H,11-16H2,1-3H3,(H,24,26)(H,25,29). The lowest BCUT2D eigenvalue weighted by Crippen LogP contribution is -2.55. The van der Waals surface area contributed by atoms with E-state index in [9.17, 15) is 4.79 Å². The summed E-state index contributed by atoms with van der Waals surface area (Å²) in [4.78, 5) is 22.9. The van der Waals surface area contributed by atoms with Gasteiger partial charge in [-0.05, 0) is 70.7 Å². The molecule has 1 aromatic heterocycles. The van der Waals surface area contributed by atoms with E-state index in [2.05, 4.69) is 40.6 Å². The number of hydrogen-bond acceptors (Lipinski definition) is 5. The predicted octanol–water partition coefficient (Wildman–Crippen LogP) is 2.74. The van der Waals surface area contributed by atoms with Crippen molar-refractivity contribution < 1.29 is 4.79 Å². The largest absolute Gasteiger partial charge is 0.352 e. The summed E-state index contributed by atoms with van der Waals surface area (Å²) in [7, 11) is 4.21. The third kappa shape index (κ3) is 4.28. The first-order chi connectivity index (χ1) is 13.9. The van der Waals surface area contributed by atoms with Crippen LogP contribution < -0.4 is 10.6 Å². The molecule has 154 valence electrons. The van der Waals surface area contributed by atoms with Crippen LogP contribution in [0.1, 0.15) is 31.0 Å². The molecular weight excluding hydrogens is 362 g/mol. The van der Waals surface area contributed by atoms with Gasteiger partial charge in [0.15, 0.2) is 0 Å². The van der Waals surface area contributed by atoms with Gasteiger partial charge < -0.3 is 20.4 Å². The molecule has 2 aromatic rings. The van der Waals surface area contributed by atoms with Crippen LogP contribution in [0.3, 0.4) is 0 Å². The lowest BCUT2D eigenvalue weighted by molar-refractivity contribution is -0.128. The molecule has 1 amide bonds. The quantitative estimate of drug-likeness (QED) is 0.836. The van der Waals surface area contributed by atoms with Gasteiger partial charge in [0.1, 0.15) is 11.2 Å². The highest BCUT2D eigenvalue weighted by molar-refractivity contribution is 5.88. The van der Waals surface area contributed by atoms with Crippen LogP contribution in [0.25, 0.3) is 0 Å². The molecule has 6 nitrogen and oxygen atoms in total. The maximum absolute atomic E-state index is 13.4. The van der Waals surface area contributed by atoms with Crippen LogP contribution in [0.5, 0.6) is 0 Å². The van der Waals surface area contributed by atoms with Gasteiger partial charge >= 0.3 is 0 Å². The first-order valence-electron chi connectivity index (χ1n) is 10.4. The van der Waals surface area contributed by atoms with Crippen molar-refractivity contribution in [3.8, 4) is 0 Å². The Kier molecular flexibility index (Phi) is 5.56. The fraction of sp³-hybridized carbons (Fsp3) is 0.478. The third-order valence-corrected chi connectivity index (χ3v) is 6.13. The summed E-state index contributed by atoms with van der Waals surface area (Å²) in [5.74, 6) is 0.863. The van der Waals surface area contributed by atoms with Crippen LogP contribution >= 0.6 is 0 Å². The number of pyridine rings is 1. The predicted molar refractivity (Wildman–Crippen MR) is 116 cm³/mol. The van der Waals surface area contributed by atoms with E-state index < -0.39 is 5.41 Å². The van der Waals surface area contributed by atoms with Gasteiger partial charge in [-0.15, -0.1) is 0 Å². The van der Waals surface area contributed by atoms with Gasteiger partial charge in [0.25, 0.3) is 0 Å². The number of likely N-dealkylation sites (tertiary alicyclic amines) is 1. The molecule has 1 aromatic carbocycles. The minimum atomic E-state index is -0.667. The van der Waals surface area contributed by atoms with E-state index in [0.29, 0.717) is 6.54 Å². The maximum atomic E-state index is 13.4. The number of likely N-dealkylation sites (N-methyl/N-ethyl adjacent to an activating group) is 1. The zero-order valence-electron chi connectivity index (χ0n) is 17.6. The highest BCUT2D eigenvalue weighted by Gasteiger charge is 2.43. The number of piperidine rings is 1. The molecule has 3 heterocycles. The number of aromatic nitrogens is 1. The second-order valence-corrected chi connectivity index (χ2v) is 8.75. The summed E-state index contributed by atoms with van der Waals surface area (Å²) in [5.41, 5.74) is 2.34. The fourth-order valence-corrected chi connectivity index (χ4v) is 4.47. The molecule has 0 spiro atoms. The summed E-state index contributed by atoms with van der Waals surface area (Å²) < 4.78 is 0. The maximum Gasteiger partial charge on any atom is 0.233 e. The lowest BCUT2D eigenvalue weighted by Gasteiger charge is -2.40. The Morgan fingerprint density at radius 3 is 2.52 bits per heavy atom. The topological polar surface area (TPSA) is 60.5 Å². The lowest BCUT2D eigenvalue weighted by atomic mass is 9.79. The van der Waals surface area contributed by atoms with Crippen LogP contribution in [-0.2, 0) is 16.8 Å². The number of benzene rings is 1. The van der Waals surface area contributed by atoms with Crippen LogP contribution in [0.15, 0.2) is 42.5 Å². The number of nitrogens with one attached hydrogen (secondary N) is 2. The number of para-hydroxylation sites is 1. The number of carbonyl (C=O) groups is 1. The summed E-state index contributed by atoms with van der Waals surface area (Å²) in [6.45, 7) is 5.57. The van der Waals surface area contributed by atoms with E-state index in [1.54, 1.807) is 0 Å². The number of anilines is 2. The molecule has 6 heteroatoms. The number of nitrogens with zero attached hydrogens (tertiary/aromatic N) is 3. The minimum Gasteiger partial charge on any atom is -0.352 e. The van der Waals surface area contributed by atoms with Crippen molar-refractivity contribution >= 4 is 17.4 Å². The van der Waals surface area contributed by atoms with Crippen LogP contribution in [0.4, 0.5) is 11.5 Å². The van der Waals surface area contributed by atoms with Gasteiger partial charge in [0.05, 0.1) is 5.69 Å². The van der Waals surface area contributed by atoms with Gasteiger partial charge in [0.2, 0.25) is 5.91 Å². The van der Waals surface area contributed by atoms with Crippen molar-refractivity contribution in [1.29, 1.82) is 0 Å². The Morgan fingerprint density at radius 2 is 1.79 bits per heavy atom. The van der Waals surface area contributed by atoms with Crippen molar-refractivity contribution in [1.82, 2.24) is 20.1 Å². The second-order valence-electron chi connectivity index (χ2n) is 8.75. The van der Waals surface area contributed by atoms with Gasteiger partial charge in [-0.1, -0.05) is 24.3 Å². The van der Waals surface area contributed by atoms with Crippen molar-refractivity contribution in [3.05, 3.63) is 53.7 Å². The Hall–Kier alpha value is -2.44. The summed E-state index contributed by atoms with van der Waals surface area (Å²) >= 11 is 0. The third-order valence-electron chi connectivity index (χ3n) is 6.13. The van der Waals surface area contributed by atoms with Crippen molar-refractivity contribution in [2.75, 3.05) is 39.0 Å². The summed E-state index contributed by atoms with van der Waals surface area (Å²) in [6, 6.07) is 14.4. The second kappa shape index (κ2) is 8.13. The number of amides is 1. The Balaban J connectivity index is 1.59. The molecule has 1 saturated heterocycles. The zero-order chi connectivity index (χ0) is 20.4. The molecule has 29 heavy (non-hydrogen) atoms. The molecule has 0 radical (unpaired) electrons. The monoisotopic (exact) mass is 393 g/mol. The molecule has 0 bridgehead atoms. The van der Waals surface area contributed by atoms with Gasteiger partial charge in [-0.25, -0.2) is 4.98 Å². The highest BCUT2D eigenvalue weighted by Crippen LogP contribution is 2.34. The first kappa shape index (κ1) is 19.9. The molecule has 4 rings (SSSR count). The van der Waals surface area contributed by atoms with E-state index in [1.807, 2.05) is 43.3 Å². The normalized spacial score (nSPS) is 23.4.